The molecule has 1 saturated heterocycles. The predicted molar refractivity (Wildman–Crippen MR) is 202 cm³/mol. The number of pyridine rings is 2. The minimum atomic E-state index is -1.70. The molecule has 0 radical (unpaired) electrons. The van der Waals surface area contributed by atoms with E-state index in [4.69, 9.17) is 0 Å². The van der Waals surface area contributed by atoms with Gasteiger partial charge in [0.2, 0.25) is 0 Å². The van der Waals surface area contributed by atoms with Crippen LogP contribution in [-0.2, 0) is 6.42 Å². The van der Waals surface area contributed by atoms with Crippen molar-refractivity contribution in [2.24, 2.45) is 0 Å². The third-order valence-electron chi connectivity index (χ3n) is 8.20. The number of nitrogens with one attached hydrogen (secondary N) is 2. The number of nitrogens with zero attached hydrogens (tertiary/aromatic N) is 3. The van der Waals surface area contributed by atoms with Crippen molar-refractivity contribution < 1.29 is 18.9 Å². The average molecular weight is 703 g/mol. The summed E-state index contributed by atoms with van der Waals surface area (Å²) in [5.41, 5.74) is 8.04. The van der Waals surface area contributed by atoms with E-state index in [1.807, 2.05) is 24.5 Å². The Morgan fingerprint density at radius 3 is 2.02 bits per heavy atom. The normalized spacial score (nSPS) is 13.9. The fourth-order valence-corrected chi connectivity index (χ4v) is 13.9. The average Bonchev–Trinajstić information content (AvgIpc) is 3.66. The van der Waals surface area contributed by atoms with Crippen LogP contribution in [0.25, 0.3) is 22.1 Å². The molecule has 5 heterocycles. The molecule has 0 bridgehead atoms. The van der Waals surface area contributed by atoms with Crippen LogP contribution in [0.4, 0.5) is 0 Å². The van der Waals surface area contributed by atoms with E-state index < -0.39 is 8.24 Å². The van der Waals surface area contributed by atoms with Crippen LogP contribution < -0.4 is 24.2 Å². The summed E-state index contributed by atoms with van der Waals surface area (Å²) >= 11 is 3.70. The van der Waals surface area contributed by atoms with Crippen molar-refractivity contribution in [1.29, 1.82) is 0 Å². The van der Waals surface area contributed by atoms with Gasteiger partial charge in [0.15, 0.2) is 8.24 Å². The van der Waals surface area contributed by atoms with Gasteiger partial charge in [-0.05, 0) is 88.2 Å². The zero-order chi connectivity index (χ0) is 28.6. The molecule has 0 saturated carbocycles. The number of rotatable bonds is 7. The van der Waals surface area contributed by atoms with Gasteiger partial charge in [-0.15, -0.1) is 12.4 Å². The number of aromatic amines is 1. The molecule has 5 rings (SSSR count). The van der Waals surface area contributed by atoms with Gasteiger partial charge in [-0.25, -0.2) is 0 Å². The van der Waals surface area contributed by atoms with Crippen molar-refractivity contribution in [3.8, 4) is 0 Å². The van der Waals surface area contributed by atoms with Crippen LogP contribution in [0.2, 0.25) is 16.6 Å². The zero-order valence-electron chi connectivity index (χ0n) is 26.5. The zero-order valence-corrected chi connectivity index (χ0v) is 29.9. The van der Waals surface area contributed by atoms with Crippen molar-refractivity contribution in [3.05, 3.63) is 66.0 Å². The Kier molecular flexibility index (Phi) is 24.2. The standard InChI is InChI=1S/C16H25BrN2Si.C12H15N3.C4H9.3CH4.ClH.Li/c1-11(2)20(12(3)4,13(5)6)19-10-14(17)16-15(19)8-7-9-18-16;1-3-10(13-5-1)7-9-8-15-11-4-2-6-14-12(9)11;1-3-4-2;;;;;/h7-13H,1-6H3;2,4,6,8,10,13,15H,1,3,5,7H2;1,3-4H2,2H3;3*1H4;1H;/q;;-1;;;;;+1/t;10-;;;;;;/m.1....../s1. The summed E-state index contributed by atoms with van der Waals surface area (Å²) in [5.74, 6) is 0. The van der Waals surface area contributed by atoms with Crippen LogP contribution in [0, 0.1) is 6.92 Å². The molecule has 0 aliphatic carbocycles. The summed E-state index contributed by atoms with van der Waals surface area (Å²) in [5, 5.41) is 3.52. The van der Waals surface area contributed by atoms with E-state index in [-0.39, 0.29) is 53.5 Å². The molecule has 4 aromatic rings. The van der Waals surface area contributed by atoms with Gasteiger partial charge in [-0.3, -0.25) is 9.97 Å². The van der Waals surface area contributed by atoms with E-state index in [9.17, 15) is 0 Å². The van der Waals surface area contributed by atoms with Gasteiger partial charge in [0.25, 0.3) is 0 Å². The van der Waals surface area contributed by atoms with Crippen LogP contribution in [0.3, 0.4) is 0 Å². The van der Waals surface area contributed by atoms with Gasteiger partial charge in [0.1, 0.15) is 5.52 Å². The second-order valence-electron chi connectivity index (χ2n) is 11.6. The Hall–Kier alpha value is -1.08. The molecule has 0 spiro atoms. The SMILES string of the molecule is C.C.C.CC(C)[Si](C(C)C)(C(C)C)n1cc(Br)c2ncccc21.Cl.[CH2-]CCC.[Li+].c1cnc2c(C[C@H]3CCCN3)c[nH]c2c1. The van der Waals surface area contributed by atoms with Crippen molar-refractivity contribution in [2.75, 3.05) is 6.54 Å². The number of unbranched alkanes of at least 4 members (excludes halogenated alkanes) is 1. The summed E-state index contributed by atoms with van der Waals surface area (Å²) in [6.45, 7) is 21.2. The maximum absolute atomic E-state index is 4.55. The number of hydrogen-bond donors (Lipinski definition) is 2. The number of hydrogen-bond acceptors (Lipinski definition) is 3. The molecule has 0 aromatic carbocycles. The molecule has 5 nitrogen and oxygen atoms in total. The Morgan fingerprint density at radius 1 is 0.977 bits per heavy atom. The first kappa shape index (κ1) is 47.3. The molecule has 2 N–H and O–H groups in total. The van der Waals surface area contributed by atoms with E-state index in [0.29, 0.717) is 22.7 Å². The topological polar surface area (TPSA) is 58.5 Å². The number of aromatic nitrogens is 4. The van der Waals surface area contributed by atoms with E-state index >= 15 is 0 Å². The first-order chi connectivity index (χ1) is 18.7. The Balaban J connectivity index is -0.000000630. The second kappa shape index (κ2) is 22.5. The summed E-state index contributed by atoms with van der Waals surface area (Å²) in [6, 6.07) is 8.95. The first-order valence-corrected chi connectivity index (χ1v) is 17.7. The monoisotopic (exact) mass is 701 g/mol. The second-order valence-corrected chi connectivity index (χ2v) is 18.2. The Bertz CT molecular complexity index is 1280. The fourth-order valence-electron chi connectivity index (χ4n) is 6.54. The minimum Gasteiger partial charge on any atom is -0.371 e. The minimum absolute atomic E-state index is 0. The van der Waals surface area contributed by atoms with Crippen LogP contribution >= 0.6 is 28.3 Å². The van der Waals surface area contributed by atoms with Crippen molar-refractivity contribution in [1.82, 2.24) is 24.5 Å². The van der Waals surface area contributed by atoms with Crippen LogP contribution in [-0.4, -0.2) is 40.0 Å². The largest absolute Gasteiger partial charge is 1.00 e. The Labute approximate surface area is 298 Å². The molecule has 4 aromatic heterocycles. The van der Waals surface area contributed by atoms with Crippen molar-refractivity contribution in [2.45, 2.75) is 126 Å². The summed E-state index contributed by atoms with van der Waals surface area (Å²) in [7, 11) is -1.70. The maximum atomic E-state index is 4.55. The van der Waals surface area contributed by atoms with Gasteiger partial charge >= 0.3 is 18.9 Å². The molecule has 44 heavy (non-hydrogen) atoms. The molecular weight excluding hydrogens is 641 g/mol. The third-order valence-corrected chi connectivity index (χ3v) is 15.5. The van der Waals surface area contributed by atoms with Gasteiger partial charge in [0, 0.05) is 30.8 Å². The van der Waals surface area contributed by atoms with Gasteiger partial charge in [0.05, 0.1) is 21.0 Å². The fraction of sp³-hybridized carbons (Fsp3) is 0.571. The third kappa shape index (κ3) is 10.7. The molecule has 0 amide bonds. The van der Waals surface area contributed by atoms with Gasteiger partial charge < -0.3 is 21.5 Å². The predicted octanol–water partition coefficient (Wildman–Crippen LogP) is 8.63. The Morgan fingerprint density at radius 2 is 1.52 bits per heavy atom. The number of fused-ring (bicyclic) bond motifs is 2. The molecule has 9 heteroatoms. The van der Waals surface area contributed by atoms with Crippen molar-refractivity contribution in [3.63, 3.8) is 0 Å². The summed E-state index contributed by atoms with van der Waals surface area (Å²) < 4.78 is 3.71. The van der Waals surface area contributed by atoms with E-state index in [1.165, 1.54) is 36.9 Å². The van der Waals surface area contributed by atoms with Crippen LogP contribution in [0.15, 0.2) is 53.5 Å². The van der Waals surface area contributed by atoms with Crippen LogP contribution in [0.5, 0.6) is 0 Å². The smallest absolute Gasteiger partial charge is 0.371 e. The number of halogens is 2. The molecule has 0 unspecified atom stereocenters. The maximum Gasteiger partial charge on any atom is 1.00 e. The molecule has 1 atom stereocenters. The molecule has 1 aliphatic rings. The van der Waals surface area contributed by atoms with Crippen molar-refractivity contribution >= 4 is 58.6 Å². The first-order valence-electron chi connectivity index (χ1n) is 14.7. The molecule has 1 fully saturated rings. The van der Waals surface area contributed by atoms with Crippen LogP contribution in [0.1, 0.15) is 102 Å². The van der Waals surface area contributed by atoms with E-state index in [2.05, 4.69) is 120 Å². The van der Waals surface area contributed by atoms with Gasteiger partial charge in [-0.1, -0.05) is 77.2 Å². The summed E-state index contributed by atoms with van der Waals surface area (Å²) in [4.78, 5) is 12.2. The number of H-pyrrole nitrogens is 1. The van der Waals surface area contributed by atoms with Gasteiger partial charge in [-0.2, -0.15) is 6.42 Å². The summed E-state index contributed by atoms with van der Waals surface area (Å²) in [6.07, 6.45) is 14.1. The quantitative estimate of drug-likeness (QED) is 0.150. The molecule has 1 aliphatic heterocycles. The molecular formula is C35H62BrClLiN5Si. The molecule has 246 valence electrons. The van der Waals surface area contributed by atoms with E-state index in [1.54, 1.807) is 0 Å². The van der Waals surface area contributed by atoms with E-state index in [0.717, 1.165) is 33.9 Å².